The van der Waals surface area contributed by atoms with Crippen molar-refractivity contribution >= 4 is 26.7 Å². The maximum absolute atomic E-state index is 13.0. The van der Waals surface area contributed by atoms with Crippen molar-refractivity contribution in [2.75, 3.05) is 32.4 Å². The van der Waals surface area contributed by atoms with Crippen LogP contribution in [-0.4, -0.2) is 60.2 Å². The zero-order valence-corrected chi connectivity index (χ0v) is 19.9. The quantitative estimate of drug-likeness (QED) is 0.633. The molecule has 0 bridgehead atoms. The van der Waals surface area contributed by atoms with E-state index in [1.54, 1.807) is 41.5 Å². The van der Waals surface area contributed by atoms with Gasteiger partial charge >= 0.3 is 0 Å². The first-order valence-electron chi connectivity index (χ1n) is 10.5. The lowest BCUT2D eigenvalue weighted by atomic mass is 9.99. The number of nitrogens with zero attached hydrogens (tertiary/aromatic N) is 2. The van der Waals surface area contributed by atoms with Crippen molar-refractivity contribution in [3.05, 3.63) is 65.2 Å². The van der Waals surface area contributed by atoms with E-state index in [-0.39, 0.29) is 19.0 Å². The standard InChI is InChI=1S/C23H30N2O4S2/c1-4-18(2)20-8-10-22(11-9-20)31(28,29)25-14-12-24(13-15-25)23(26)21-7-5-6-19(16-21)17-30(3)27/h5-11,16,18H,4,12-15,17H2,1-3H3. The van der Waals surface area contributed by atoms with Crippen molar-refractivity contribution in [3.63, 3.8) is 0 Å². The number of rotatable bonds is 7. The monoisotopic (exact) mass is 462 g/mol. The molecule has 0 aliphatic carbocycles. The molecule has 0 spiro atoms. The lowest BCUT2D eigenvalue weighted by Crippen LogP contribution is -2.50. The minimum Gasteiger partial charge on any atom is -0.336 e. The van der Waals surface area contributed by atoms with Gasteiger partial charge in [0.05, 0.1) is 4.90 Å². The Morgan fingerprint density at radius 2 is 1.71 bits per heavy atom. The molecule has 0 radical (unpaired) electrons. The van der Waals surface area contributed by atoms with E-state index < -0.39 is 20.8 Å². The number of benzene rings is 2. The minimum absolute atomic E-state index is 0.126. The van der Waals surface area contributed by atoms with E-state index in [4.69, 9.17) is 0 Å². The van der Waals surface area contributed by atoms with E-state index in [0.29, 0.717) is 35.2 Å². The predicted octanol–water partition coefficient (Wildman–Crippen LogP) is 3.23. The molecule has 2 aromatic rings. The molecule has 1 saturated heterocycles. The van der Waals surface area contributed by atoms with E-state index in [1.807, 2.05) is 18.2 Å². The average molecular weight is 463 g/mol. The number of piperazine rings is 1. The second kappa shape index (κ2) is 10.1. The Bertz CT molecular complexity index is 1040. The molecule has 3 rings (SSSR count). The van der Waals surface area contributed by atoms with Crippen LogP contribution in [-0.2, 0) is 26.6 Å². The highest BCUT2D eigenvalue weighted by Gasteiger charge is 2.30. The Kier molecular flexibility index (Phi) is 7.67. The fourth-order valence-corrected chi connectivity index (χ4v) is 5.77. The summed E-state index contributed by atoms with van der Waals surface area (Å²) in [6, 6.07) is 14.3. The third kappa shape index (κ3) is 5.61. The molecule has 168 valence electrons. The molecule has 8 heteroatoms. The summed E-state index contributed by atoms with van der Waals surface area (Å²) in [5.74, 6) is 0.670. The summed E-state index contributed by atoms with van der Waals surface area (Å²) >= 11 is 0. The third-order valence-electron chi connectivity index (χ3n) is 5.77. The zero-order chi connectivity index (χ0) is 22.6. The van der Waals surface area contributed by atoms with Crippen molar-refractivity contribution in [3.8, 4) is 0 Å². The van der Waals surface area contributed by atoms with Crippen LogP contribution in [0.1, 0.15) is 47.7 Å². The van der Waals surface area contributed by atoms with Gasteiger partial charge in [0.15, 0.2) is 0 Å². The molecule has 0 N–H and O–H groups in total. The molecule has 2 aromatic carbocycles. The lowest BCUT2D eigenvalue weighted by molar-refractivity contribution is 0.0698. The molecule has 2 atom stereocenters. The molecule has 1 aliphatic rings. The summed E-state index contributed by atoms with van der Waals surface area (Å²) in [7, 11) is -4.56. The van der Waals surface area contributed by atoms with Crippen molar-refractivity contribution in [2.24, 2.45) is 0 Å². The van der Waals surface area contributed by atoms with E-state index in [0.717, 1.165) is 17.5 Å². The fraction of sp³-hybridized carbons (Fsp3) is 0.435. The van der Waals surface area contributed by atoms with Crippen molar-refractivity contribution in [1.82, 2.24) is 9.21 Å². The summed E-state index contributed by atoms with van der Waals surface area (Å²) in [5.41, 5.74) is 2.53. The third-order valence-corrected chi connectivity index (χ3v) is 8.42. The Hall–Kier alpha value is -2.03. The average Bonchev–Trinajstić information content (AvgIpc) is 2.78. The predicted molar refractivity (Wildman–Crippen MR) is 124 cm³/mol. The Morgan fingerprint density at radius 1 is 1.06 bits per heavy atom. The molecule has 2 unspecified atom stereocenters. The molecule has 6 nitrogen and oxygen atoms in total. The van der Waals surface area contributed by atoms with Crippen molar-refractivity contribution in [1.29, 1.82) is 0 Å². The minimum atomic E-state index is -3.58. The summed E-state index contributed by atoms with van der Waals surface area (Å²) in [5, 5.41) is 0. The van der Waals surface area contributed by atoms with E-state index in [9.17, 15) is 17.4 Å². The smallest absolute Gasteiger partial charge is 0.253 e. The van der Waals surface area contributed by atoms with Crippen LogP contribution in [0.25, 0.3) is 0 Å². The second-order valence-corrected chi connectivity index (χ2v) is 11.4. The summed E-state index contributed by atoms with van der Waals surface area (Å²) in [6.07, 6.45) is 2.63. The SMILES string of the molecule is CCC(C)c1ccc(S(=O)(=O)N2CCN(C(=O)c3cccc(CS(C)=O)c3)CC2)cc1. The van der Waals surface area contributed by atoms with E-state index >= 15 is 0 Å². The Labute approximate surface area is 187 Å². The van der Waals surface area contributed by atoms with Gasteiger partial charge in [-0.15, -0.1) is 0 Å². The van der Waals surface area contributed by atoms with Gasteiger partial charge in [0.1, 0.15) is 0 Å². The number of hydrogen-bond acceptors (Lipinski definition) is 4. The topological polar surface area (TPSA) is 74.8 Å². The highest BCUT2D eigenvalue weighted by Crippen LogP contribution is 2.23. The van der Waals surface area contributed by atoms with Gasteiger partial charge in [0.2, 0.25) is 10.0 Å². The summed E-state index contributed by atoms with van der Waals surface area (Å²) in [6.45, 7) is 5.44. The molecular weight excluding hydrogens is 432 g/mol. The number of carbonyl (C=O) groups excluding carboxylic acids is 1. The van der Waals surface area contributed by atoms with Crippen molar-refractivity contribution < 1.29 is 17.4 Å². The van der Waals surface area contributed by atoms with Crippen LogP contribution in [0.15, 0.2) is 53.4 Å². The molecule has 1 heterocycles. The first-order valence-corrected chi connectivity index (χ1v) is 13.7. The Morgan fingerprint density at radius 3 is 2.29 bits per heavy atom. The fourth-order valence-electron chi connectivity index (χ4n) is 3.70. The molecular formula is C23H30N2O4S2. The van der Waals surface area contributed by atoms with Gasteiger partial charge in [-0.1, -0.05) is 38.1 Å². The van der Waals surface area contributed by atoms with Crippen LogP contribution in [0.2, 0.25) is 0 Å². The number of amides is 1. The summed E-state index contributed by atoms with van der Waals surface area (Å²) < 4.78 is 39.0. The van der Waals surface area contributed by atoms with Crippen LogP contribution in [0.3, 0.4) is 0 Å². The van der Waals surface area contributed by atoms with Gasteiger partial charge < -0.3 is 4.90 Å². The lowest BCUT2D eigenvalue weighted by Gasteiger charge is -2.34. The normalized spacial score (nSPS) is 17.3. The first kappa shape index (κ1) is 23.6. The van der Waals surface area contributed by atoms with Gasteiger partial charge in [0, 0.05) is 54.6 Å². The van der Waals surface area contributed by atoms with E-state index in [2.05, 4.69) is 13.8 Å². The molecule has 0 saturated carbocycles. The van der Waals surface area contributed by atoms with Gasteiger partial charge in [0.25, 0.3) is 5.91 Å². The number of sulfonamides is 1. The zero-order valence-electron chi connectivity index (χ0n) is 18.3. The highest BCUT2D eigenvalue weighted by molar-refractivity contribution is 7.89. The van der Waals surface area contributed by atoms with Crippen LogP contribution in [0, 0.1) is 0 Å². The Balaban J connectivity index is 1.66. The highest BCUT2D eigenvalue weighted by atomic mass is 32.2. The van der Waals surface area contributed by atoms with Crippen LogP contribution in [0.5, 0.6) is 0 Å². The second-order valence-electron chi connectivity index (χ2n) is 7.99. The van der Waals surface area contributed by atoms with Crippen LogP contribution >= 0.6 is 0 Å². The van der Waals surface area contributed by atoms with Crippen LogP contribution < -0.4 is 0 Å². The molecule has 0 aromatic heterocycles. The maximum Gasteiger partial charge on any atom is 0.253 e. The van der Waals surface area contributed by atoms with Gasteiger partial charge in [-0.2, -0.15) is 4.31 Å². The number of hydrogen-bond donors (Lipinski definition) is 0. The summed E-state index contributed by atoms with van der Waals surface area (Å²) in [4.78, 5) is 14.8. The van der Waals surface area contributed by atoms with Gasteiger partial charge in [-0.05, 0) is 47.7 Å². The van der Waals surface area contributed by atoms with E-state index in [1.165, 1.54) is 4.31 Å². The largest absolute Gasteiger partial charge is 0.336 e. The molecule has 1 amide bonds. The molecule has 31 heavy (non-hydrogen) atoms. The molecule has 1 fully saturated rings. The maximum atomic E-state index is 13.0. The number of carbonyl (C=O) groups is 1. The first-order chi connectivity index (χ1) is 14.7. The van der Waals surface area contributed by atoms with Crippen LogP contribution in [0.4, 0.5) is 0 Å². The van der Waals surface area contributed by atoms with Crippen molar-refractivity contribution in [2.45, 2.75) is 36.8 Å². The molecule has 1 aliphatic heterocycles. The van der Waals surface area contributed by atoms with Gasteiger partial charge in [-0.3, -0.25) is 9.00 Å². The van der Waals surface area contributed by atoms with Gasteiger partial charge in [-0.25, -0.2) is 8.42 Å².